The average Bonchev–Trinajstić information content (AvgIpc) is 2.84. The van der Waals surface area contributed by atoms with Gasteiger partial charge >= 0.3 is 0 Å². The van der Waals surface area contributed by atoms with Crippen LogP contribution in [0.25, 0.3) is 0 Å². The number of rotatable bonds is 12. The summed E-state index contributed by atoms with van der Waals surface area (Å²) in [5.74, 6) is 0. The Morgan fingerprint density at radius 3 is 0.181 bits per heavy atom. The summed E-state index contributed by atoms with van der Waals surface area (Å²) in [5.41, 5.74) is 0. The van der Waals surface area contributed by atoms with E-state index in [4.69, 9.17) is 0 Å². The van der Waals surface area contributed by atoms with Crippen molar-refractivity contribution in [2.45, 2.75) is 314 Å². The van der Waals surface area contributed by atoms with Crippen molar-refractivity contribution in [3.8, 4) is 0 Å². The molecule has 24 heteroatoms. The van der Waals surface area contributed by atoms with Gasteiger partial charge in [-0.05, 0) is 0 Å². The maximum absolute atomic E-state index is 3.23. The summed E-state index contributed by atoms with van der Waals surface area (Å²) in [6.45, 7) is 147. The van der Waals surface area contributed by atoms with Crippen LogP contribution in [0.4, 0.5) is 0 Å². The van der Waals surface area contributed by atoms with E-state index in [0.717, 1.165) is 0 Å². The van der Waals surface area contributed by atoms with E-state index >= 15 is 0 Å². The predicted molar refractivity (Wildman–Crippen MR) is 420 cm³/mol. The summed E-state index contributed by atoms with van der Waals surface area (Å²) in [5, 5.41) is 0. The van der Waals surface area contributed by atoms with Gasteiger partial charge in [0.15, 0.2) is 0 Å². The summed E-state index contributed by atoms with van der Waals surface area (Å²) >= 11 is 0. The van der Waals surface area contributed by atoms with Gasteiger partial charge in [-0.3, -0.25) is 0 Å². The van der Waals surface area contributed by atoms with Crippen LogP contribution in [0.15, 0.2) is 0 Å². The first kappa shape index (κ1) is 75.2. The summed E-state index contributed by atoms with van der Waals surface area (Å²) in [7, 11) is -25.3. The minimum atomic E-state index is -1.49. The van der Waals surface area contributed by atoms with E-state index in [1.165, 1.54) is 0 Å². The third kappa shape index (κ3) is 8.46. The minimum Gasteiger partial charge on any atom is -0.0742 e. The first-order chi connectivity index (χ1) is 30.0. The fraction of sp³-hybridized carbons (Fsp3) is 1.00. The minimum absolute atomic E-state index is 1.36. The van der Waals surface area contributed by atoms with Crippen LogP contribution in [0, 0.1) is 0 Å². The molecule has 0 amide bonds. The van der Waals surface area contributed by atoms with Gasteiger partial charge in [0.25, 0.3) is 0 Å². The van der Waals surface area contributed by atoms with Crippen molar-refractivity contribution < 1.29 is 0 Å². The molecule has 0 radical (unpaired) electrons. The van der Waals surface area contributed by atoms with Crippen molar-refractivity contribution in [2.24, 2.45) is 0 Å². The Balaban J connectivity index is 0.000000720. The SMILES string of the molecule is C[Si](C)(C)[Si]1([Si](C)(C)C)[Si](C)(C)[Si]([Si](C)(C)C)([Si](C)(C)C)[Si](C)(C)[Si]([Si](C)(C)C)([Si](C)(C)C)[Si]1(C)C.C[Si](C)(C)[Si]1([Si](C)(C)C)[Si](C)(C)[Si]([Si](C)(C)C)([Si](C)(C)C)[Si](C)(C)[Si]([Si](C)(C)C)([Si](C)(C)C)[Si]1(C)C. The molecule has 2 aliphatic heterocycles. The Morgan fingerprint density at radius 1 is 0.111 bits per heavy atom. The molecule has 0 nitrogen and oxygen atoms in total. The Bertz CT molecular complexity index is 1480. The highest BCUT2D eigenvalue weighted by atomic mass is 30.6. The molecule has 432 valence electrons. The first-order valence-electron chi connectivity index (χ1n) is 30.0. The van der Waals surface area contributed by atoms with Gasteiger partial charge in [-0.2, -0.15) is 0 Å². The zero-order chi connectivity index (χ0) is 60.0. The van der Waals surface area contributed by atoms with Gasteiger partial charge < -0.3 is 0 Å². The zero-order valence-corrected chi connectivity index (χ0v) is 84.0. The molecule has 2 aliphatic rings. The quantitative estimate of drug-likeness (QED) is 0.171. The Hall–Kier alpha value is 5.21. The molecule has 72 heavy (non-hydrogen) atoms. The highest BCUT2D eigenvalue weighted by molar-refractivity contribution is 8.45. The molecule has 0 bridgehead atoms. The molecule has 2 fully saturated rings. The Labute approximate surface area is 479 Å². The van der Waals surface area contributed by atoms with Crippen molar-refractivity contribution in [1.29, 1.82) is 0 Å². The Kier molecular flexibility index (Phi) is 20.2. The van der Waals surface area contributed by atoms with Gasteiger partial charge in [0.1, 0.15) is 0 Å². The smallest absolute Gasteiger partial charge is 0.0308 e. The van der Waals surface area contributed by atoms with Crippen molar-refractivity contribution in [1.82, 2.24) is 0 Å². The molecule has 2 rings (SSSR count). The molecule has 2 saturated heterocycles. The van der Waals surface area contributed by atoms with Crippen LogP contribution in [0.2, 0.25) is 314 Å². The summed E-state index contributed by atoms with van der Waals surface area (Å²) in [6.07, 6.45) is -8.92. The largest absolute Gasteiger partial charge is 0.0742 e. The third-order valence-corrected chi connectivity index (χ3v) is 790. The van der Waals surface area contributed by atoms with Crippen LogP contribution in [-0.4, -0.2) is 171 Å². The molecular formula is C48H144Si24. The Morgan fingerprint density at radius 2 is 0.153 bits per heavy atom. The third-order valence-electron chi connectivity index (χ3n) is 24.8. The van der Waals surface area contributed by atoms with Gasteiger partial charge in [-0.25, -0.2) is 0 Å². The lowest BCUT2D eigenvalue weighted by Crippen LogP contribution is -3.20. The lowest BCUT2D eigenvalue weighted by atomic mass is 11.8. The van der Waals surface area contributed by atoms with Gasteiger partial charge in [0.05, 0.1) is 0 Å². The van der Waals surface area contributed by atoms with E-state index in [0.29, 0.717) is 0 Å². The molecule has 0 spiro atoms. The number of hydrogen-bond acceptors (Lipinski definition) is 0. The molecule has 0 atom stereocenters. The monoisotopic (exact) mass is 1390 g/mol. The van der Waals surface area contributed by atoms with Gasteiger partial charge in [-0.1, -0.05) is 314 Å². The van der Waals surface area contributed by atoms with Crippen molar-refractivity contribution in [2.75, 3.05) is 0 Å². The fourth-order valence-electron chi connectivity index (χ4n) is 35.6. The zero-order valence-electron chi connectivity index (χ0n) is 60.0. The normalized spacial score (nSPS) is 26.0. The molecule has 0 unspecified atom stereocenters. The number of hydrogen-bond donors (Lipinski definition) is 0. The van der Waals surface area contributed by atoms with Crippen LogP contribution in [0.5, 0.6) is 0 Å². The van der Waals surface area contributed by atoms with Crippen LogP contribution in [0.3, 0.4) is 0 Å². The second kappa shape index (κ2) is 19.4. The van der Waals surface area contributed by atoms with E-state index in [1.807, 2.05) is 0 Å². The van der Waals surface area contributed by atoms with E-state index in [-0.39, 0.29) is 0 Å². The van der Waals surface area contributed by atoms with Crippen molar-refractivity contribution in [3.05, 3.63) is 0 Å². The second-order valence-electron chi connectivity index (χ2n) is 41.2. The van der Waals surface area contributed by atoms with Gasteiger partial charge in [0.2, 0.25) is 0 Å². The maximum Gasteiger partial charge on any atom is 0.0308 e. The lowest BCUT2D eigenvalue weighted by Gasteiger charge is -2.88. The van der Waals surface area contributed by atoms with E-state index in [1.54, 1.807) is 0 Å². The van der Waals surface area contributed by atoms with E-state index in [9.17, 15) is 0 Å². The van der Waals surface area contributed by atoms with Crippen LogP contribution >= 0.6 is 0 Å². The topological polar surface area (TPSA) is 0 Å². The lowest BCUT2D eigenvalue weighted by molar-refractivity contribution is 1.71. The van der Waals surface area contributed by atoms with Gasteiger partial charge in [-0.15, -0.1) is 0 Å². The molecule has 0 saturated carbocycles. The van der Waals surface area contributed by atoms with Gasteiger partial charge in [0, 0.05) is 171 Å². The van der Waals surface area contributed by atoms with Crippen LogP contribution in [-0.2, 0) is 0 Å². The maximum atomic E-state index is 3.23. The molecule has 2 heterocycles. The average molecular weight is 1400 g/mol. The summed E-state index contributed by atoms with van der Waals surface area (Å²) in [4.78, 5) is 0. The predicted octanol–water partition coefficient (Wildman–Crippen LogP) is 18.9. The van der Waals surface area contributed by atoms with Crippen LogP contribution < -0.4 is 0 Å². The fourth-order valence-corrected chi connectivity index (χ4v) is 1690. The highest BCUT2D eigenvalue weighted by Crippen LogP contribution is 2.66. The second-order valence-corrected chi connectivity index (χ2v) is 340. The molecule has 0 aromatic rings. The van der Waals surface area contributed by atoms with Crippen molar-refractivity contribution in [3.63, 3.8) is 0 Å². The summed E-state index contributed by atoms with van der Waals surface area (Å²) < 4.78 is 0. The van der Waals surface area contributed by atoms with Crippen molar-refractivity contribution >= 4 is 171 Å². The molecule has 0 aromatic heterocycles. The highest BCUT2D eigenvalue weighted by Gasteiger charge is 2.95. The molecular weight excluding hydrogens is 1250 g/mol. The molecule has 0 aliphatic carbocycles. The molecule has 0 aromatic carbocycles. The molecule has 0 N–H and O–H groups in total. The standard InChI is InChI=1S/2C24H72Si12/c2*1-25(2,3)34(26(4,5)6)31(19,20)35(27(7,8)9,28(10,11)12)33(23,24)36(29(13,14)15,30(16,17)18)32(34,21)22/h2*1-24H3. The van der Waals surface area contributed by atoms with E-state index in [2.05, 4.69) is 314 Å². The first-order valence-corrected chi connectivity index (χ1v) is 126. The van der Waals surface area contributed by atoms with E-state index < -0.39 is 171 Å². The van der Waals surface area contributed by atoms with Crippen LogP contribution in [0.1, 0.15) is 0 Å². The summed E-state index contributed by atoms with van der Waals surface area (Å²) in [6, 6.07) is 0.